The summed E-state index contributed by atoms with van der Waals surface area (Å²) in [4.78, 5) is 23.6. The van der Waals surface area contributed by atoms with Crippen molar-refractivity contribution < 1.29 is 18.8 Å². The highest BCUT2D eigenvalue weighted by molar-refractivity contribution is 5.68. The van der Waals surface area contributed by atoms with E-state index in [1.54, 1.807) is 32.9 Å². The van der Waals surface area contributed by atoms with Crippen LogP contribution in [0.25, 0.3) is 0 Å². The van der Waals surface area contributed by atoms with Gasteiger partial charge >= 0.3 is 6.09 Å². The molecule has 1 aromatic carbocycles. The average molecular weight is 338 g/mol. The third-order valence-electron chi connectivity index (χ3n) is 3.97. The lowest BCUT2D eigenvalue weighted by Gasteiger charge is -2.35. The SMILES string of the molecule is CC(C)(C)OC(=O)N1CCC(Cc2ccc([N+](=O)[O-])cc2)C(F)C1. The second-order valence-electron chi connectivity index (χ2n) is 7.12. The van der Waals surface area contributed by atoms with Crippen molar-refractivity contribution in [2.24, 2.45) is 5.92 Å². The number of nitro benzene ring substituents is 1. The van der Waals surface area contributed by atoms with Crippen LogP contribution in [-0.2, 0) is 11.2 Å². The summed E-state index contributed by atoms with van der Waals surface area (Å²) in [6, 6.07) is 6.17. The summed E-state index contributed by atoms with van der Waals surface area (Å²) in [7, 11) is 0. The van der Waals surface area contributed by atoms with Crippen molar-refractivity contribution in [1.82, 2.24) is 4.90 Å². The molecule has 0 bridgehead atoms. The van der Waals surface area contributed by atoms with Crippen LogP contribution in [0.1, 0.15) is 32.8 Å². The van der Waals surface area contributed by atoms with E-state index in [0.717, 1.165) is 5.56 Å². The van der Waals surface area contributed by atoms with Crippen LogP contribution in [-0.4, -0.2) is 40.8 Å². The number of piperidine rings is 1. The van der Waals surface area contributed by atoms with Crippen LogP contribution in [0.3, 0.4) is 0 Å². The van der Waals surface area contributed by atoms with Gasteiger partial charge in [0.15, 0.2) is 0 Å². The fourth-order valence-corrected chi connectivity index (χ4v) is 2.73. The molecule has 7 heteroatoms. The van der Waals surface area contributed by atoms with Gasteiger partial charge in [0, 0.05) is 18.7 Å². The molecule has 1 aliphatic heterocycles. The van der Waals surface area contributed by atoms with E-state index in [9.17, 15) is 19.3 Å². The molecule has 1 aromatic rings. The Kier molecular flexibility index (Phi) is 5.41. The molecule has 2 unspecified atom stereocenters. The molecule has 1 heterocycles. The van der Waals surface area contributed by atoms with E-state index in [1.165, 1.54) is 17.0 Å². The second-order valence-corrected chi connectivity index (χ2v) is 7.12. The fraction of sp³-hybridized carbons (Fsp3) is 0.588. The topological polar surface area (TPSA) is 72.7 Å². The van der Waals surface area contributed by atoms with Crippen molar-refractivity contribution >= 4 is 11.8 Å². The first-order chi connectivity index (χ1) is 11.2. The van der Waals surface area contributed by atoms with Crippen molar-refractivity contribution in [3.05, 3.63) is 39.9 Å². The summed E-state index contributed by atoms with van der Waals surface area (Å²) >= 11 is 0. The molecule has 6 nitrogen and oxygen atoms in total. The van der Waals surface area contributed by atoms with Crippen LogP contribution >= 0.6 is 0 Å². The number of alkyl halides is 1. The van der Waals surface area contributed by atoms with E-state index in [4.69, 9.17) is 4.74 Å². The van der Waals surface area contributed by atoms with Gasteiger partial charge in [-0.2, -0.15) is 0 Å². The third-order valence-corrected chi connectivity index (χ3v) is 3.97. The first-order valence-corrected chi connectivity index (χ1v) is 8.01. The molecule has 0 aliphatic carbocycles. The zero-order valence-electron chi connectivity index (χ0n) is 14.2. The van der Waals surface area contributed by atoms with Gasteiger partial charge in [0.05, 0.1) is 11.5 Å². The molecule has 132 valence electrons. The average Bonchev–Trinajstić information content (AvgIpc) is 2.48. The molecule has 2 atom stereocenters. The van der Waals surface area contributed by atoms with Crippen molar-refractivity contribution in [2.45, 2.75) is 45.4 Å². The number of amides is 1. The molecular weight excluding hydrogens is 315 g/mol. The summed E-state index contributed by atoms with van der Waals surface area (Å²) < 4.78 is 19.7. The van der Waals surface area contributed by atoms with Crippen LogP contribution in [0.2, 0.25) is 0 Å². The monoisotopic (exact) mass is 338 g/mol. The Morgan fingerprint density at radius 1 is 1.38 bits per heavy atom. The molecule has 0 saturated carbocycles. The molecular formula is C17H23FN2O4. The van der Waals surface area contributed by atoms with E-state index < -0.39 is 22.8 Å². The molecule has 1 saturated heterocycles. The van der Waals surface area contributed by atoms with Crippen LogP contribution in [0.4, 0.5) is 14.9 Å². The van der Waals surface area contributed by atoms with E-state index >= 15 is 0 Å². The smallest absolute Gasteiger partial charge is 0.410 e. The quantitative estimate of drug-likeness (QED) is 0.622. The lowest BCUT2D eigenvalue weighted by Crippen LogP contribution is -2.47. The van der Waals surface area contributed by atoms with Crippen molar-refractivity contribution in [3.63, 3.8) is 0 Å². The molecule has 2 rings (SSSR count). The number of nitrogens with zero attached hydrogens (tertiary/aromatic N) is 2. The zero-order chi connectivity index (χ0) is 17.9. The maximum Gasteiger partial charge on any atom is 0.410 e. The molecule has 0 N–H and O–H groups in total. The number of hydrogen-bond donors (Lipinski definition) is 0. The molecule has 1 aliphatic rings. The molecule has 0 spiro atoms. The van der Waals surface area contributed by atoms with Gasteiger partial charge in [-0.15, -0.1) is 0 Å². The van der Waals surface area contributed by atoms with Crippen LogP contribution in [0.5, 0.6) is 0 Å². The third kappa shape index (κ3) is 4.91. The van der Waals surface area contributed by atoms with Crippen molar-refractivity contribution in [1.29, 1.82) is 0 Å². The number of hydrogen-bond acceptors (Lipinski definition) is 4. The molecule has 1 fully saturated rings. The minimum atomic E-state index is -1.14. The Morgan fingerprint density at radius 2 is 2.00 bits per heavy atom. The van der Waals surface area contributed by atoms with Crippen molar-refractivity contribution in [2.75, 3.05) is 13.1 Å². The highest BCUT2D eigenvalue weighted by atomic mass is 19.1. The molecule has 24 heavy (non-hydrogen) atoms. The van der Waals surface area contributed by atoms with Crippen LogP contribution in [0, 0.1) is 16.0 Å². The van der Waals surface area contributed by atoms with Gasteiger partial charge in [0.2, 0.25) is 0 Å². The Bertz CT molecular complexity index is 598. The number of non-ortho nitro benzene ring substituents is 1. The minimum absolute atomic E-state index is 0.0204. The molecule has 1 amide bonds. The van der Waals surface area contributed by atoms with Gasteiger partial charge in [0.1, 0.15) is 11.8 Å². The van der Waals surface area contributed by atoms with Gasteiger partial charge in [-0.05, 0) is 45.1 Å². The van der Waals surface area contributed by atoms with Gasteiger partial charge in [-0.25, -0.2) is 9.18 Å². The summed E-state index contributed by atoms with van der Waals surface area (Å²) in [5.74, 6) is -0.204. The number of ether oxygens (including phenoxy) is 1. The summed E-state index contributed by atoms with van der Waals surface area (Å²) in [6.07, 6.45) is -0.584. The van der Waals surface area contributed by atoms with Gasteiger partial charge in [0.25, 0.3) is 5.69 Å². The van der Waals surface area contributed by atoms with Crippen LogP contribution in [0.15, 0.2) is 24.3 Å². The van der Waals surface area contributed by atoms with Crippen molar-refractivity contribution in [3.8, 4) is 0 Å². The number of carbonyl (C=O) groups excluding carboxylic acids is 1. The summed E-state index contributed by atoms with van der Waals surface area (Å²) in [5.41, 5.74) is 0.285. The molecule has 0 aromatic heterocycles. The maximum atomic E-state index is 14.4. The summed E-state index contributed by atoms with van der Waals surface area (Å²) in [5, 5.41) is 10.6. The Morgan fingerprint density at radius 3 is 2.50 bits per heavy atom. The highest BCUT2D eigenvalue weighted by Crippen LogP contribution is 2.26. The second kappa shape index (κ2) is 7.15. The van der Waals surface area contributed by atoms with Gasteiger partial charge in [-0.1, -0.05) is 12.1 Å². The summed E-state index contributed by atoms with van der Waals surface area (Å²) in [6.45, 7) is 5.80. The maximum absolute atomic E-state index is 14.4. The standard InChI is InChI=1S/C17H23FN2O4/c1-17(2,3)24-16(21)19-9-8-13(15(18)11-19)10-12-4-6-14(7-5-12)20(22)23/h4-7,13,15H,8-11H2,1-3H3. The van der Waals surface area contributed by atoms with Gasteiger partial charge in [-0.3, -0.25) is 10.1 Å². The Hall–Kier alpha value is -2.18. The number of carbonyl (C=O) groups is 1. The van der Waals surface area contributed by atoms with E-state index in [-0.39, 0.29) is 18.2 Å². The first kappa shape index (κ1) is 18.2. The highest BCUT2D eigenvalue weighted by Gasteiger charge is 2.33. The Labute approximate surface area is 140 Å². The lowest BCUT2D eigenvalue weighted by molar-refractivity contribution is -0.384. The lowest BCUT2D eigenvalue weighted by atomic mass is 9.89. The predicted octanol–water partition coefficient (Wildman–Crippen LogP) is 3.73. The zero-order valence-corrected chi connectivity index (χ0v) is 14.2. The molecule has 0 radical (unpaired) electrons. The van der Waals surface area contributed by atoms with E-state index in [0.29, 0.717) is 19.4 Å². The van der Waals surface area contributed by atoms with Gasteiger partial charge < -0.3 is 9.64 Å². The number of halogens is 1. The number of rotatable bonds is 3. The largest absolute Gasteiger partial charge is 0.444 e. The van der Waals surface area contributed by atoms with E-state index in [1.807, 2.05) is 0 Å². The van der Waals surface area contributed by atoms with E-state index in [2.05, 4.69) is 0 Å². The first-order valence-electron chi connectivity index (χ1n) is 8.01. The number of likely N-dealkylation sites (tertiary alicyclic amines) is 1. The number of nitro groups is 1. The number of benzene rings is 1. The Balaban J connectivity index is 1.91. The van der Waals surface area contributed by atoms with Crippen LogP contribution < -0.4 is 0 Å². The predicted molar refractivity (Wildman–Crippen MR) is 87.6 cm³/mol. The fourth-order valence-electron chi connectivity index (χ4n) is 2.73. The normalized spacial score (nSPS) is 21.4. The minimum Gasteiger partial charge on any atom is -0.444 e.